The van der Waals surface area contributed by atoms with Crippen LogP contribution < -0.4 is 15.4 Å². The standard InChI is InChI=1S/C27H23N5O5S/c1-14(2)32-13-16(30-31-32)12-28-26(38)29-15-3-6-19-22(9-15)27(37-25(19)35)20-7-4-17(33)10-23(20)36-24-11-18(34)5-8-21(24)27/h3-11,13-14,33-34H,12H2,1-2H3,(H2,28,29,38). The zero-order valence-corrected chi connectivity index (χ0v) is 21.2. The Morgan fingerprint density at radius 3 is 2.34 bits per heavy atom. The fraction of sp³-hybridized carbons (Fsp3) is 0.185. The van der Waals surface area contributed by atoms with Crippen molar-refractivity contribution in [3.8, 4) is 23.0 Å². The minimum Gasteiger partial charge on any atom is -0.508 e. The summed E-state index contributed by atoms with van der Waals surface area (Å²) in [5.74, 6) is 0.113. The van der Waals surface area contributed by atoms with Gasteiger partial charge in [-0.2, -0.15) is 0 Å². The molecule has 0 saturated carbocycles. The summed E-state index contributed by atoms with van der Waals surface area (Å²) in [6.45, 7) is 4.43. The molecule has 4 aromatic rings. The SMILES string of the molecule is CC(C)n1cc(CNC(=S)Nc2ccc3c(c2)C2(OC3=O)c3ccc(O)cc3Oc3cc(O)ccc32)nn1. The summed E-state index contributed by atoms with van der Waals surface area (Å²) in [4.78, 5) is 13.1. The van der Waals surface area contributed by atoms with Gasteiger partial charge < -0.3 is 30.3 Å². The Bertz CT molecular complexity index is 1560. The first kappa shape index (κ1) is 23.7. The zero-order valence-electron chi connectivity index (χ0n) is 20.4. The maximum absolute atomic E-state index is 13.1. The third-order valence-electron chi connectivity index (χ3n) is 6.55. The predicted octanol–water partition coefficient (Wildman–Crippen LogP) is 4.32. The van der Waals surface area contributed by atoms with Crippen LogP contribution >= 0.6 is 12.2 Å². The lowest BCUT2D eigenvalue weighted by Crippen LogP contribution is -2.33. The average Bonchev–Trinajstić information content (AvgIpc) is 3.46. The maximum Gasteiger partial charge on any atom is 0.340 e. The molecule has 3 heterocycles. The summed E-state index contributed by atoms with van der Waals surface area (Å²) < 4.78 is 13.9. The van der Waals surface area contributed by atoms with Crippen molar-refractivity contribution in [3.63, 3.8) is 0 Å². The van der Waals surface area contributed by atoms with Gasteiger partial charge in [0.05, 0.1) is 18.3 Å². The minimum absolute atomic E-state index is 0.00711. The number of aromatic nitrogens is 3. The largest absolute Gasteiger partial charge is 0.508 e. The molecular formula is C27H23N5O5S. The molecule has 192 valence electrons. The maximum atomic E-state index is 13.1. The third-order valence-corrected chi connectivity index (χ3v) is 6.79. The molecule has 2 aliphatic rings. The van der Waals surface area contributed by atoms with Gasteiger partial charge in [-0.15, -0.1) is 5.10 Å². The van der Waals surface area contributed by atoms with Crippen LogP contribution in [0.5, 0.6) is 23.0 Å². The summed E-state index contributed by atoms with van der Waals surface area (Å²) in [7, 11) is 0. The Labute approximate surface area is 222 Å². The number of carbonyl (C=O) groups is 1. The molecule has 10 nitrogen and oxygen atoms in total. The predicted molar refractivity (Wildman–Crippen MR) is 141 cm³/mol. The quantitative estimate of drug-likeness (QED) is 0.224. The van der Waals surface area contributed by atoms with Crippen LogP contribution in [0.2, 0.25) is 0 Å². The van der Waals surface area contributed by atoms with E-state index in [1.54, 1.807) is 28.9 Å². The molecule has 3 aromatic carbocycles. The molecule has 0 saturated heterocycles. The van der Waals surface area contributed by atoms with Crippen LogP contribution in [0.1, 0.15) is 52.6 Å². The molecule has 0 atom stereocenters. The van der Waals surface area contributed by atoms with E-state index in [4.69, 9.17) is 21.7 Å². The van der Waals surface area contributed by atoms with E-state index in [0.29, 0.717) is 51.1 Å². The van der Waals surface area contributed by atoms with Crippen LogP contribution in [0.3, 0.4) is 0 Å². The summed E-state index contributed by atoms with van der Waals surface area (Å²) in [6, 6.07) is 14.7. The molecule has 38 heavy (non-hydrogen) atoms. The van der Waals surface area contributed by atoms with Crippen molar-refractivity contribution in [1.29, 1.82) is 0 Å². The molecule has 0 amide bonds. The number of aromatic hydroxyl groups is 2. The number of ether oxygens (including phenoxy) is 2. The van der Waals surface area contributed by atoms with Crippen molar-refractivity contribution in [2.45, 2.75) is 32.0 Å². The Morgan fingerprint density at radius 2 is 1.71 bits per heavy atom. The van der Waals surface area contributed by atoms with Gasteiger partial charge in [0.15, 0.2) is 10.7 Å². The number of nitrogens with one attached hydrogen (secondary N) is 2. The Kier molecular flexibility index (Phi) is 5.46. The molecule has 0 unspecified atom stereocenters. The molecule has 0 radical (unpaired) electrons. The first-order valence-electron chi connectivity index (χ1n) is 11.9. The molecule has 1 spiro atoms. The van der Waals surface area contributed by atoms with Gasteiger partial charge in [0.25, 0.3) is 0 Å². The van der Waals surface area contributed by atoms with Gasteiger partial charge in [-0.25, -0.2) is 9.48 Å². The normalized spacial score (nSPS) is 14.3. The lowest BCUT2D eigenvalue weighted by molar-refractivity contribution is 0.0224. The topological polar surface area (TPSA) is 131 Å². The fourth-order valence-corrected chi connectivity index (χ4v) is 4.96. The molecule has 11 heteroatoms. The van der Waals surface area contributed by atoms with E-state index >= 15 is 0 Å². The lowest BCUT2D eigenvalue weighted by atomic mass is 9.77. The molecule has 0 bridgehead atoms. The van der Waals surface area contributed by atoms with Gasteiger partial charge in [0.1, 0.15) is 28.7 Å². The summed E-state index contributed by atoms with van der Waals surface area (Å²) in [5.41, 5.74) is 2.10. The highest BCUT2D eigenvalue weighted by Crippen LogP contribution is 2.57. The highest BCUT2D eigenvalue weighted by Gasteiger charge is 2.53. The van der Waals surface area contributed by atoms with E-state index in [0.717, 1.165) is 5.69 Å². The smallest absolute Gasteiger partial charge is 0.340 e. The van der Waals surface area contributed by atoms with E-state index in [1.807, 2.05) is 26.1 Å². The van der Waals surface area contributed by atoms with Crippen molar-refractivity contribution in [3.05, 3.63) is 88.7 Å². The molecule has 1 aromatic heterocycles. The van der Waals surface area contributed by atoms with Crippen LogP contribution in [-0.4, -0.2) is 36.3 Å². The number of carbonyl (C=O) groups excluding carboxylic acids is 1. The zero-order chi connectivity index (χ0) is 26.6. The number of benzene rings is 3. The Morgan fingerprint density at radius 1 is 1.03 bits per heavy atom. The Hall–Kier alpha value is -4.64. The van der Waals surface area contributed by atoms with Crippen LogP contribution in [0, 0.1) is 0 Å². The number of phenols is 2. The number of phenolic OH excluding ortho intramolecular Hbond substituents is 2. The van der Waals surface area contributed by atoms with Crippen molar-refractivity contribution < 1.29 is 24.5 Å². The van der Waals surface area contributed by atoms with Gasteiger partial charge >= 0.3 is 5.97 Å². The molecule has 0 aliphatic carbocycles. The summed E-state index contributed by atoms with van der Waals surface area (Å²) in [5, 5.41) is 35.1. The summed E-state index contributed by atoms with van der Waals surface area (Å²) >= 11 is 5.50. The van der Waals surface area contributed by atoms with Crippen LogP contribution in [0.4, 0.5) is 5.69 Å². The lowest BCUT2D eigenvalue weighted by Gasteiger charge is -2.36. The van der Waals surface area contributed by atoms with E-state index < -0.39 is 11.6 Å². The second kappa shape index (κ2) is 8.73. The fourth-order valence-electron chi connectivity index (χ4n) is 4.77. The number of rotatable bonds is 4. The number of hydrogen-bond donors (Lipinski definition) is 4. The van der Waals surface area contributed by atoms with Gasteiger partial charge in [0, 0.05) is 40.6 Å². The first-order valence-corrected chi connectivity index (χ1v) is 12.3. The van der Waals surface area contributed by atoms with Crippen molar-refractivity contribution in [2.24, 2.45) is 0 Å². The van der Waals surface area contributed by atoms with E-state index in [-0.39, 0.29) is 17.5 Å². The third kappa shape index (κ3) is 3.79. The minimum atomic E-state index is -1.35. The van der Waals surface area contributed by atoms with Crippen LogP contribution in [-0.2, 0) is 16.9 Å². The summed E-state index contributed by atoms with van der Waals surface area (Å²) in [6.07, 6.45) is 1.86. The van der Waals surface area contributed by atoms with Gasteiger partial charge in [-0.3, -0.25) is 0 Å². The Balaban J connectivity index is 1.36. The van der Waals surface area contributed by atoms with E-state index in [2.05, 4.69) is 20.9 Å². The van der Waals surface area contributed by atoms with Crippen molar-refractivity contribution >= 4 is 29.0 Å². The number of thiocarbonyl (C=S) groups is 1. The highest BCUT2D eigenvalue weighted by atomic mass is 32.1. The number of anilines is 1. The van der Waals surface area contributed by atoms with Crippen LogP contribution in [0.25, 0.3) is 0 Å². The second-order valence-electron chi connectivity index (χ2n) is 9.39. The molecule has 4 N–H and O–H groups in total. The monoisotopic (exact) mass is 529 g/mol. The number of hydrogen-bond acceptors (Lipinski definition) is 8. The van der Waals surface area contributed by atoms with Gasteiger partial charge in [-0.1, -0.05) is 5.21 Å². The number of fused-ring (bicyclic) bond motifs is 6. The van der Waals surface area contributed by atoms with E-state index in [9.17, 15) is 15.0 Å². The molecular weight excluding hydrogens is 506 g/mol. The van der Waals surface area contributed by atoms with Gasteiger partial charge in [0.2, 0.25) is 0 Å². The first-order chi connectivity index (χ1) is 18.2. The van der Waals surface area contributed by atoms with Gasteiger partial charge in [-0.05, 0) is 68.5 Å². The van der Waals surface area contributed by atoms with Crippen LogP contribution in [0.15, 0.2) is 60.8 Å². The second-order valence-corrected chi connectivity index (χ2v) is 9.79. The number of esters is 1. The molecule has 6 rings (SSSR count). The molecule has 0 fully saturated rings. The van der Waals surface area contributed by atoms with Crippen molar-refractivity contribution in [1.82, 2.24) is 20.3 Å². The van der Waals surface area contributed by atoms with Crippen molar-refractivity contribution in [2.75, 3.05) is 5.32 Å². The molecule has 2 aliphatic heterocycles. The number of nitrogens with zero attached hydrogens (tertiary/aromatic N) is 3. The highest BCUT2D eigenvalue weighted by molar-refractivity contribution is 7.80. The van der Waals surface area contributed by atoms with E-state index in [1.165, 1.54) is 24.3 Å². The average molecular weight is 530 g/mol.